The molecule has 22 heavy (non-hydrogen) atoms. The molecule has 2 aromatic rings. The second-order valence-corrected chi connectivity index (χ2v) is 6.09. The summed E-state index contributed by atoms with van der Waals surface area (Å²) >= 11 is 5.77. The molecule has 2 unspecified atom stereocenters. The molecule has 6 nitrogen and oxygen atoms in total. The van der Waals surface area contributed by atoms with E-state index in [1.807, 2.05) is 0 Å². The fourth-order valence-electron chi connectivity index (χ4n) is 2.90. The van der Waals surface area contributed by atoms with Gasteiger partial charge in [0.25, 0.3) is 5.91 Å². The van der Waals surface area contributed by atoms with Gasteiger partial charge in [-0.25, -0.2) is 0 Å². The smallest absolute Gasteiger partial charge is 0.259 e. The minimum atomic E-state index is -0.292. The van der Waals surface area contributed by atoms with Crippen molar-refractivity contribution in [3.05, 3.63) is 22.9 Å². The number of anilines is 1. The Morgan fingerprint density at radius 1 is 1.41 bits per heavy atom. The molecule has 1 aliphatic carbocycles. The summed E-state index contributed by atoms with van der Waals surface area (Å²) in [5, 5.41) is 7.07. The summed E-state index contributed by atoms with van der Waals surface area (Å²) in [6.45, 7) is 2.15. The lowest BCUT2D eigenvalue weighted by Crippen LogP contribution is -2.41. The number of nitrogens with zero attached hydrogens (tertiary/aromatic N) is 1. The summed E-state index contributed by atoms with van der Waals surface area (Å²) in [5.74, 6) is 0.482. The van der Waals surface area contributed by atoms with Crippen LogP contribution in [-0.4, -0.2) is 17.1 Å². The fourth-order valence-corrected chi connectivity index (χ4v) is 3.05. The number of hydrogen-bond donors (Lipinski definition) is 2. The topological polar surface area (TPSA) is 94.3 Å². The van der Waals surface area contributed by atoms with Crippen molar-refractivity contribution >= 4 is 23.4 Å². The zero-order valence-electron chi connectivity index (χ0n) is 12.3. The molecule has 7 heteroatoms. The number of amides is 1. The van der Waals surface area contributed by atoms with Crippen molar-refractivity contribution in [1.82, 2.24) is 10.5 Å². The molecule has 2 aromatic heterocycles. The summed E-state index contributed by atoms with van der Waals surface area (Å²) in [4.78, 5) is 12.6. The summed E-state index contributed by atoms with van der Waals surface area (Å²) in [5.41, 5.74) is 6.23. The van der Waals surface area contributed by atoms with Crippen LogP contribution in [0.25, 0.3) is 11.5 Å². The van der Waals surface area contributed by atoms with E-state index in [-0.39, 0.29) is 34.3 Å². The molecule has 1 aliphatic rings. The standard InChI is InChI=1S/C15H18ClN3O3/c1-8-4-2-3-5-9(8)18-15(20)12-13(19-22-14(12)17)10-6-7-11(16)21-10/h6-9H,2-5,17H2,1H3,(H,18,20). The Morgan fingerprint density at radius 3 is 2.86 bits per heavy atom. The van der Waals surface area contributed by atoms with Crippen LogP contribution in [0.3, 0.4) is 0 Å². The molecule has 1 fully saturated rings. The van der Waals surface area contributed by atoms with Crippen LogP contribution in [-0.2, 0) is 0 Å². The van der Waals surface area contributed by atoms with Crippen molar-refractivity contribution in [2.45, 2.75) is 38.6 Å². The third-order valence-electron chi connectivity index (χ3n) is 4.18. The Hall–Kier alpha value is -1.95. The van der Waals surface area contributed by atoms with Gasteiger partial charge in [0.15, 0.2) is 16.7 Å². The summed E-state index contributed by atoms with van der Waals surface area (Å²) in [7, 11) is 0. The van der Waals surface area contributed by atoms with Crippen molar-refractivity contribution in [3.63, 3.8) is 0 Å². The molecule has 0 spiro atoms. The number of rotatable bonds is 3. The van der Waals surface area contributed by atoms with Gasteiger partial charge < -0.3 is 20.0 Å². The van der Waals surface area contributed by atoms with Gasteiger partial charge in [-0.15, -0.1) is 0 Å². The maximum atomic E-state index is 12.6. The molecule has 2 atom stereocenters. The van der Waals surface area contributed by atoms with Crippen LogP contribution in [0, 0.1) is 5.92 Å². The average molecular weight is 324 g/mol. The van der Waals surface area contributed by atoms with Gasteiger partial charge in [0, 0.05) is 6.04 Å². The predicted octanol–water partition coefficient (Wildman–Crippen LogP) is 3.48. The first-order valence-corrected chi connectivity index (χ1v) is 7.75. The number of nitrogens with two attached hydrogens (primary N) is 1. The van der Waals surface area contributed by atoms with E-state index >= 15 is 0 Å². The van der Waals surface area contributed by atoms with Gasteiger partial charge in [0.2, 0.25) is 5.88 Å². The number of furan rings is 1. The first-order valence-electron chi connectivity index (χ1n) is 7.38. The highest BCUT2D eigenvalue weighted by Crippen LogP contribution is 2.31. The molecule has 1 amide bonds. The number of nitrogens with one attached hydrogen (secondary N) is 1. The molecular formula is C15H18ClN3O3. The largest absolute Gasteiger partial charge is 0.443 e. The van der Waals surface area contributed by atoms with Crippen LogP contribution >= 0.6 is 11.6 Å². The van der Waals surface area contributed by atoms with E-state index in [2.05, 4.69) is 17.4 Å². The van der Waals surface area contributed by atoms with E-state index in [0.29, 0.717) is 11.7 Å². The number of hydrogen-bond acceptors (Lipinski definition) is 5. The quantitative estimate of drug-likeness (QED) is 0.901. The van der Waals surface area contributed by atoms with Gasteiger partial charge in [-0.05, 0) is 42.5 Å². The highest BCUT2D eigenvalue weighted by Gasteiger charge is 2.29. The maximum absolute atomic E-state index is 12.6. The van der Waals surface area contributed by atoms with Gasteiger partial charge in [-0.2, -0.15) is 0 Å². The SMILES string of the molecule is CC1CCCCC1NC(=O)c1c(-c2ccc(Cl)o2)noc1N. The second kappa shape index (κ2) is 6.04. The maximum Gasteiger partial charge on any atom is 0.259 e. The molecule has 0 aromatic carbocycles. The normalized spacial score (nSPS) is 21.7. The second-order valence-electron chi connectivity index (χ2n) is 5.72. The van der Waals surface area contributed by atoms with Crippen molar-refractivity contribution in [1.29, 1.82) is 0 Å². The third kappa shape index (κ3) is 2.83. The molecular weight excluding hydrogens is 306 g/mol. The lowest BCUT2D eigenvalue weighted by atomic mass is 9.86. The number of carbonyl (C=O) groups excluding carboxylic acids is 1. The van der Waals surface area contributed by atoms with E-state index in [0.717, 1.165) is 19.3 Å². The van der Waals surface area contributed by atoms with Gasteiger partial charge in [0.1, 0.15) is 5.56 Å². The average Bonchev–Trinajstić information content (AvgIpc) is 3.07. The highest BCUT2D eigenvalue weighted by molar-refractivity contribution is 6.29. The van der Waals surface area contributed by atoms with Gasteiger partial charge in [0.05, 0.1) is 0 Å². The fraction of sp³-hybridized carbons (Fsp3) is 0.467. The van der Waals surface area contributed by atoms with Crippen LogP contribution < -0.4 is 11.1 Å². The number of nitrogen functional groups attached to an aromatic ring is 1. The van der Waals surface area contributed by atoms with Gasteiger partial charge >= 0.3 is 0 Å². The Morgan fingerprint density at radius 2 is 2.18 bits per heavy atom. The van der Waals surface area contributed by atoms with Gasteiger partial charge in [-0.1, -0.05) is 24.9 Å². The summed E-state index contributed by atoms with van der Waals surface area (Å²) in [6, 6.07) is 3.34. The molecule has 0 saturated heterocycles. The number of aromatic nitrogens is 1. The van der Waals surface area contributed by atoms with E-state index < -0.39 is 0 Å². The van der Waals surface area contributed by atoms with Crippen molar-refractivity contribution < 1.29 is 13.7 Å². The molecule has 0 aliphatic heterocycles. The molecule has 0 radical (unpaired) electrons. The van der Waals surface area contributed by atoms with E-state index in [1.54, 1.807) is 12.1 Å². The first-order chi connectivity index (χ1) is 10.6. The zero-order chi connectivity index (χ0) is 15.7. The van der Waals surface area contributed by atoms with E-state index in [4.69, 9.17) is 26.3 Å². The lowest BCUT2D eigenvalue weighted by molar-refractivity contribution is 0.0911. The summed E-state index contributed by atoms with van der Waals surface area (Å²) in [6.07, 6.45) is 4.42. The van der Waals surface area contributed by atoms with Crippen molar-refractivity contribution in [3.8, 4) is 11.5 Å². The van der Waals surface area contributed by atoms with Crippen molar-refractivity contribution in [2.75, 3.05) is 5.73 Å². The van der Waals surface area contributed by atoms with Crippen LogP contribution in [0.5, 0.6) is 0 Å². The molecule has 3 N–H and O–H groups in total. The van der Waals surface area contributed by atoms with Crippen molar-refractivity contribution in [2.24, 2.45) is 5.92 Å². The van der Waals surface area contributed by atoms with Crippen LogP contribution in [0.1, 0.15) is 43.0 Å². The van der Waals surface area contributed by atoms with Crippen LogP contribution in [0.4, 0.5) is 5.88 Å². The lowest BCUT2D eigenvalue weighted by Gasteiger charge is -2.29. The van der Waals surface area contributed by atoms with Gasteiger partial charge in [-0.3, -0.25) is 4.79 Å². The molecule has 2 heterocycles. The minimum Gasteiger partial charge on any atom is -0.443 e. The monoisotopic (exact) mass is 323 g/mol. The number of halogens is 1. The van der Waals surface area contributed by atoms with E-state index in [9.17, 15) is 4.79 Å². The third-order valence-corrected chi connectivity index (χ3v) is 4.38. The van der Waals surface area contributed by atoms with Crippen LogP contribution in [0.2, 0.25) is 5.22 Å². The molecule has 118 valence electrons. The molecule has 0 bridgehead atoms. The Labute approximate surface area is 133 Å². The minimum absolute atomic E-state index is 0.0246. The number of carbonyl (C=O) groups is 1. The molecule has 3 rings (SSSR count). The Bertz CT molecular complexity index is 679. The first kappa shape index (κ1) is 15.0. The van der Waals surface area contributed by atoms with E-state index in [1.165, 1.54) is 6.42 Å². The Balaban J connectivity index is 1.84. The zero-order valence-corrected chi connectivity index (χ0v) is 13.0. The highest BCUT2D eigenvalue weighted by atomic mass is 35.5. The predicted molar refractivity (Wildman–Crippen MR) is 82.5 cm³/mol. The molecule has 1 saturated carbocycles. The Kier molecular flexibility index (Phi) is 4.11. The van der Waals surface area contributed by atoms with Crippen LogP contribution in [0.15, 0.2) is 21.1 Å². The summed E-state index contributed by atoms with van der Waals surface area (Å²) < 4.78 is 10.3.